The molecule has 5 nitrogen and oxygen atoms in total. The first-order valence-corrected chi connectivity index (χ1v) is 9.86. The van der Waals surface area contributed by atoms with Crippen molar-refractivity contribution in [2.45, 2.75) is 26.9 Å². The van der Waals surface area contributed by atoms with E-state index in [1.165, 1.54) is 0 Å². The van der Waals surface area contributed by atoms with Crippen LogP contribution in [0, 0.1) is 11.3 Å². The molecule has 1 N–H and O–H groups in total. The number of amides is 1. The van der Waals surface area contributed by atoms with E-state index in [-0.39, 0.29) is 11.7 Å². The average Bonchev–Trinajstić information content (AvgIpc) is 2.73. The number of nitriles is 1. The van der Waals surface area contributed by atoms with Gasteiger partial charge < -0.3 is 14.8 Å². The topological polar surface area (TPSA) is 71.3 Å². The molecule has 0 spiro atoms. The molecule has 1 amide bonds. The zero-order valence-corrected chi connectivity index (χ0v) is 17.3. The van der Waals surface area contributed by atoms with Crippen molar-refractivity contribution >= 4 is 28.4 Å². The van der Waals surface area contributed by atoms with Gasteiger partial charge in [-0.15, -0.1) is 0 Å². The molecule has 3 aromatic carbocycles. The first-order valence-electron chi connectivity index (χ1n) is 9.86. The second kappa shape index (κ2) is 9.62. The zero-order valence-electron chi connectivity index (χ0n) is 17.3. The van der Waals surface area contributed by atoms with Crippen LogP contribution in [0.5, 0.6) is 11.5 Å². The molecule has 0 radical (unpaired) electrons. The lowest BCUT2D eigenvalue weighted by Gasteiger charge is -2.12. The van der Waals surface area contributed by atoms with Gasteiger partial charge in [-0.25, -0.2) is 0 Å². The molecule has 0 aromatic heterocycles. The van der Waals surface area contributed by atoms with Gasteiger partial charge in [0.25, 0.3) is 5.91 Å². The number of nitrogens with zero attached hydrogens (tertiary/aromatic N) is 1. The monoisotopic (exact) mass is 400 g/mol. The van der Waals surface area contributed by atoms with Gasteiger partial charge in [0.2, 0.25) is 0 Å². The first kappa shape index (κ1) is 20.9. The van der Waals surface area contributed by atoms with Crippen LogP contribution < -0.4 is 14.8 Å². The van der Waals surface area contributed by atoms with Crippen LogP contribution in [0.3, 0.4) is 0 Å². The summed E-state index contributed by atoms with van der Waals surface area (Å²) in [5.74, 6) is 0.954. The van der Waals surface area contributed by atoms with Crippen LogP contribution in [0.15, 0.2) is 66.2 Å². The fourth-order valence-corrected chi connectivity index (χ4v) is 3.12. The van der Waals surface area contributed by atoms with Crippen LogP contribution in [-0.4, -0.2) is 18.6 Å². The van der Waals surface area contributed by atoms with Crippen LogP contribution in [0.2, 0.25) is 0 Å². The van der Waals surface area contributed by atoms with Crippen molar-refractivity contribution in [3.8, 4) is 17.6 Å². The predicted octanol–water partition coefficient (Wildman–Crippen LogP) is 5.57. The Morgan fingerprint density at radius 1 is 1.10 bits per heavy atom. The van der Waals surface area contributed by atoms with Gasteiger partial charge in [-0.05, 0) is 56.0 Å². The highest BCUT2D eigenvalue weighted by Crippen LogP contribution is 2.30. The highest BCUT2D eigenvalue weighted by Gasteiger charge is 2.12. The van der Waals surface area contributed by atoms with Crippen molar-refractivity contribution in [2.75, 3.05) is 11.9 Å². The third-order valence-corrected chi connectivity index (χ3v) is 4.35. The molecular formula is C25H24N2O3. The van der Waals surface area contributed by atoms with E-state index < -0.39 is 5.91 Å². The largest absolute Gasteiger partial charge is 0.493 e. The molecule has 0 fully saturated rings. The number of hydrogen-bond donors (Lipinski definition) is 1. The van der Waals surface area contributed by atoms with Gasteiger partial charge in [-0.1, -0.05) is 36.4 Å². The number of rotatable bonds is 7. The van der Waals surface area contributed by atoms with Gasteiger partial charge in [0.05, 0.1) is 12.7 Å². The van der Waals surface area contributed by atoms with Crippen LogP contribution >= 0.6 is 0 Å². The summed E-state index contributed by atoms with van der Waals surface area (Å²) < 4.78 is 11.3. The number of nitrogens with one attached hydrogen (secondary N) is 1. The smallest absolute Gasteiger partial charge is 0.266 e. The summed E-state index contributed by atoms with van der Waals surface area (Å²) >= 11 is 0. The summed E-state index contributed by atoms with van der Waals surface area (Å²) in [6, 6.07) is 20.6. The first-order chi connectivity index (χ1) is 14.5. The van der Waals surface area contributed by atoms with Gasteiger partial charge in [0, 0.05) is 17.1 Å². The van der Waals surface area contributed by atoms with E-state index in [1.807, 2.05) is 69.3 Å². The summed E-state index contributed by atoms with van der Waals surface area (Å²) in [5, 5.41) is 14.2. The van der Waals surface area contributed by atoms with Crippen molar-refractivity contribution in [1.82, 2.24) is 0 Å². The van der Waals surface area contributed by atoms with E-state index in [2.05, 4.69) is 5.32 Å². The van der Waals surface area contributed by atoms with Crippen molar-refractivity contribution in [3.05, 3.63) is 71.8 Å². The Morgan fingerprint density at radius 3 is 2.57 bits per heavy atom. The lowest BCUT2D eigenvalue weighted by molar-refractivity contribution is -0.112. The van der Waals surface area contributed by atoms with Crippen LogP contribution in [0.1, 0.15) is 26.3 Å². The summed E-state index contributed by atoms with van der Waals surface area (Å²) in [6.45, 7) is 6.36. The average molecular weight is 400 g/mol. The normalized spacial score (nSPS) is 11.2. The minimum Gasteiger partial charge on any atom is -0.493 e. The number of carbonyl (C=O) groups is 1. The number of fused-ring (bicyclic) bond motifs is 1. The van der Waals surface area contributed by atoms with Gasteiger partial charge in [0.1, 0.15) is 23.1 Å². The molecule has 0 heterocycles. The van der Waals surface area contributed by atoms with Gasteiger partial charge in [0.15, 0.2) is 0 Å². The summed E-state index contributed by atoms with van der Waals surface area (Å²) in [7, 11) is 0. The molecule has 0 aliphatic rings. The molecule has 0 saturated heterocycles. The Bertz CT molecular complexity index is 1130. The molecule has 0 bridgehead atoms. The van der Waals surface area contributed by atoms with E-state index in [0.717, 1.165) is 22.1 Å². The maximum absolute atomic E-state index is 12.7. The summed E-state index contributed by atoms with van der Waals surface area (Å²) in [4.78, 5) is 12.7. The standard InChI is InChI=1S/C25H24N2O3/c1-4-29-24-13-12-18(22-10-5-6-11-23(22)24)14-19(16-26)25(28)27-20-8-7-9-21(15-20)30-17(2)3/h5-15,17H,4H2,1-3H3,(H,27,28)/b19-14-. The van der Waals surface area contributed by atoms with Crippen LogP contribution in [0.4, 0.5) is 5.69 Å². The minimum atomic E-state index is -0.475. The third kappa shape index (κ3) is 4.98. The quantitative estimate of drug-likeness (QED) is 0.416. The highest BCUT2D eigenvalue weighted by molar-refractivity contribution is 6.11. The zero-order chi connectivity index (χ0) is 21.5. The molecule has 30 heavy (non-hydrogen) atoms. The minimum absolute atomic E-state index is 0.0134. The molecule has 0 saturated carbocycles. The molecule has 0 aliphatic heterocycles. The molecule has 0 aliphatic carbocycles. The molecule has 5 heteroatoms. The van der Waals surface area contributed by atoms with E-state index >= 15 is 0 Å². The Balaban J connectivity index is 1.90. The third-order valence-electron chi connectivity index (χ3n) is 4.35. The van der Waals surface area contributed by atoms with E-state index in [0.29, 0.717) is 18.0 Å². The van der Waals surface area contributed by atoms with E-state index in [9.17, 15) is 10.1 Å². The van der Waals surface area contributed by atoms with Crippen molar-refractivity contribution in [2.24, 2.45) is 0 Å². The van der Waals surface area contributed by atoms with Gasteiger partial charge in [-0.3, -0.25) is 4.79 Å². The maximum Gasteiger partial charge on any atom is 0.266 e. The van der Waals surface area contributed by atoms with Gasteiger partial charge >= 0.3 is 0 Å². The Labute approximate surface area is 176 Å². The maximum atomic E-state index is 12.7. The Kier molecular flexibility index (Phi) is 6.71. The Hall–Kier alpha value is -3.78. The Morgan fingerprint density at radius 2 is 1.87 bits per heavy atom. The number of benzene rings is 3. The molecule has 0 unspecified atom stereocenters. The highest BCUT2D eigenvalue weighted by atomic mass is 16.5. The molecule has 3 aromatic rings. The second-order valence-electron chi connectivity index (χ2n) is 6.95. The fraction of sp³-hybridized carbons (Fsp3) is 0.200. The lowest BCUT2D eigenvalue weighted by atomic mass is 10.0. The van der Waals surface area contributed by atoms with E-state index in [4.69, 9.17) is 9.47 Å². The lowest BCUT2D eigenvalue weighted by Crippen LogP contribution is -2.14. The molecule has 3 rings (SSSR count). The molecular weight excluding hydrogens is 376 g/mol. The molecule has 152 valence electrons. The predicted molar refractivity (Wildman–Crippen MR) is 120 cm³/mol. The van der Waals surface area contributed by atoms with Crippen LogP contribution in [-0.2, 0) is 4.79 Å². The van der Waals surface area contributed by atoms with E-state index in [1.54, 1.807) is 24.3 Å². The number of anilines is 1. The van der Waals surface area contributed by atoms with Crippen molar-refractivity contribution in [1.29, 1.82) is 5.26 Å². The van der Waals surface area contributed by atoms with Crippen molar-refractivity contribution in [3.63, 3.8) is 0 Å². The fourth-order valence-electron chi connectivity index (χ4n) is 3.12. The number of hydrogen-bond acceptors (Lipinski definition) is 4. The van der Waals surface area contributed by atoms with Crippen LogP contribution in [0.25, 0.3) is 16.8 Å². The molecule has 0 atom stereocenters. The second-order valence-corrected chi connectivity index (χ2v) is 6.95. The summed E-state index contributed by atoms with van der Waals surface area (Å²) in [5.41, 5.74) is 1.35. The van der Waals surface area contributed by atoms with Crippen molar-refractivity contribution < 1.29 is 14.3 Å². The number of ether oxygens (including phenoxy) is 2. The SMILES string of the molecule is CCOc1ccc(/C=C(/C#N)C(=O)Nc2cccc(OC(C)C)c2)c2ccccc12. The summed E-state index contributed by atoms with van der Waals surface area (Å²) in [6.07, 6.45) is 1.63. The van der Waals surface area contributed by atoms with Gasteiger partial charge in [-0.2, -0.15) is 5.26 Å². The number of carbonyl (C=O) groups excluding carboxylic acids is 1.